The molecule has 0 aliphatic carbocycles. The minimum atomic E-state index is -0.623. The quantitative estimate of drug-likeness (QED) is 0.431. The molecule has 174 valence electrons. The van der Waals surface area contributed by atoms with Gasteiger partial charge in [-0.2, -0.15) is 14.8 Å². The Bertz CT molecular complexity index is 1460. The van der Waals surface area contributed by atoms with Gasteiger partial charge in [0, 0.05) is 30.1 Å². The summed E-state index contributed by atoms with van der Waals surface area (Å²) in [5.74, 6) is -0.159. The molecule has 0 radical (unpaired) electrons. The molecule has 2 heterocycles. The summed E-state index contributed by atoms with van der Waals surface area (Å²) in [7, 11) is 0. The molecule has 0 saturated heterocycles. The highest BCUT2D eigenvalue weighted by Crippen LogP contribution is 2.16. The lowest BCUT2D eigenvalue weighted by atomic mass is 10.2. The maximum absolute atomic E-state index is 12.9. The zero-order valence-corrected chi connectivity index (χ0v) is 19.2. The summed E-state index contributed by atoms with van der Waals surface area (Å²) >= 11 is 5.92. The van der Waals surface area contributed by atoms with Crippen LogP contribution in [0.2, 0.25) is 5.02 Å². The van der Waals surface area contributed by atoms with Gasteiger partial charge in [0.25, 0.3) is 5.56 Å². The second-order valence-electron chi connectivity index (χ2n) is 7.50. The largest absolute Gasteiger partial charge is 0.352 e. The fraction of sp³-hybridized carbons (Fsp3) is 0.217. The summed E-state index contributed by atoms with van der Waals surface area (Å²) < 4.78 is 7.41. The second-order valence-corrected chi connectivity index (χ2v) is 7.93. The fourth-order valence-electron chi connectivity index (χ4n) is 3.25. The van der Waals surface area contributed by atoms with Crippen LogP contribution in [0.5, 0.6) is 0 Å². The Labute approximate surface area is 198 Å². The number of nitrogens with one attached hydrogen (secondary N) is 1. The Hall–Kier alpha value is -4.05. The zero-order chi connectivity index (χ0) is 24.2. The lowest BCUT2D eigenvalue weighted by molar-refractivity contribution is -0.116. The zero-order valence-electron chi connectivity index (χ0n) is 18.5. The van der Waals surface area contributed by atoms with Crippen LogP contribution in [0, 0.1) is 6.92 Å². The van der Waals surface area contributed by atoms with E-state index in [2.05, 4.69) is 20.6 Å². The number of carbonyl (C=O) groups excluding carboxylic acids is 1. The van der Waals surface area contributed by atoms with Gasteiger partial charge in [0.05, 0.1) is 5.69 Å². The molecule has 0 atom stereocenters. The minimum Gasteiger partial charge on any atom is -0.339 e. The fourth-order valence-corrected chi connectivity index (χ4v) is 3.44. The van der Waals surface area contributed by atoms with E-state index < -0.39 is 11.2 Å². The number of benzene rings is 2. The topological polar surface area (TPSA) is 125 Å². The molecule has 4 aromatic rings. The van der Waals surface area contributed by atoms with E-state index in [0.717, 1.165) is 14.8 Å². The van der Waals surface area contributed by atoms with Crippen molar-refractivity contribution in [2.24, 2.45) is 0 Å². The summed E-state index contributed by atoms with van der Waals surface area (Å²) in [6.45, 7) is 3.76. The highest BCUT2D eigenvalue weighted by molar-refractivity contribution is 6.30. The van der Waals surface area contributed by atoms with Crippen LogP contribution in [-0.4, -0.2) is 30.4 Å². The maximum Gasteiger partial charge on any atom is 0.352 e. The smallest absolute Gasteiger partial charge is 0.339 e. The van der Waals surface area contributed by atoms with E-state index in [1.807, 2.05) is 19.1 Å². The molecule has 10 nitrogen and oxygen atoms in total. The van der Waals surface area contributed by atoms with E-state index >= 15 is 0 Å². The predicted molar refractivity (Wildman–Crippen MR) is 126 cm³/mol. The summed E-state index contributed by atoms with van der Waals surface area (Å²) in [5.41, 5.74) is 0.777. The number of rotatable bonds is 7. The van der Waals surface area contributed by atoms with E-state index in [0.29, 0.717) is 16.4 Å². The van der Waals surface area contributed by atoms with Crippen LogP contribution < -0.4 is 16.6 Å². The Morgan fingerprint density at radius 2 is 1.91 bits per heavy atom. The van der Waals surface area contributed by atoms with Crippen LogP contribution >= 0.6 is 11.6 Å². The van der Waals surface area contributed by atoms with E-state index in [4.69, 9.17) is 16.1 Å². The van der Waals surface area contributed by atoms with Crippen LogP contribution in [0.1, 0.15) is 24.8 Å². The van der Waals surface area contributed by atoms with Crippen molar-refractivity contribution in [3.8, 4) is 17.2 Å². The number of halogens is 1. The van der Waals surface area contributed by atoms with Gasteiger partial charge >= 0.3 is 5.69 Å². The first kappa shape index (κ1) is 23.1. The Kier molecular flexibility index (Phi) is 6.69. The molecule has 0 unspecified atom stereocenters. The van der Waals surface area contributed by atoms with Gasteiger partial charge in [-0.15, -0.1) is 0 Å². The molecular formula is C23H21ClN6O4. The molecule has 1 N–H and O–H groups in total. The van der Waals surface area contributed by atoms with E-state index in [-0.39, 0.29) is 42.7 Å². The monoisotopic (exact) mass is 480 g/mol. The summed E-state index contributed by atoms with van der Waals surface area (Å²) in [5, 5.41) is 11.3. The van der Waals surface area contributed by atoms with E-state index in [1.165, 1.54) is 0 Å². The second kappa shape index (κ2) is 9.84. The molecule has 2 aromatic heterocycles. The van der Waals surface area contributed by atoms with Crippen LogP contribution in [-0.2, 0) is 17.8 Å². The molecule has 0 spiro atoms. The average molecular weight is 481 g/mol. The third-order valence-corrected chi connectivity index (χ3v) is 5.24. The maximum atomic E-state index is 12.9. The van der Waals surface area contributed by atoms with Crippen molar-refractivity contribution in [3.05, 3.63) is 85.8 Å². The van der Waals surface area contributed by atoms with Gasteiger partial charge in [-0.3, -0.25) is 14.2 Å². The number of anilines is 1. The van der Waals surface area contributed by atoms with Crippen molar-refractivity contribution in [3.63, 3.8) is 0 Å². The number of hydrogen-bond acceptors (Lipinski definition) is 7. The van der Waals surface area contributed by atoms with Crippen molar-refractivity contribution in [1.82, 2.24) is 24.5 Å². The van der Waals surface area contributed by atoms with E-state index in [9.17, 15) is 14.4 Å². The summed E-state index contributed by atoms with van der Waals surface area (Å²) in [6.07, 6.45) is 0.225. The van der Waals surface area contributed by atoms with Crippen molar-refractivity contribution < 1.29 is 9.32 Å². The highest BCUT2D eigenvalue weighted by atomic mass is 35.5. The molecule has 2 aromatic carbocycles. The summed E-state index contributed by atoms with van der Waals surface area (Å²) in [6, 6.07) is 13.9. The molecule has 4 rings (SSSR count). The molecule has 0 saturated carbocycles. The number of aryl methyl sites for hydroxylation is 2. The molecule has 11 heteroatoms. The molecule has 0 bridgehead atoms. The third kappa shape index (κ3) is 4.96. The number of hydrogen-bond donors (Lipinski definition) is 1. The van der Waals surface area contributed by atoms with Gasteiger partial charge in [0.15, 0.2) is 5.69 Å². The lowest BCUT2D eigenvalue weighted by Gasteiger charge is -2.09. The van der Waals surface area contributed by atoms with Crippen molar-refractivity contribution in [2.75, 3.05) is 5.32 Å². The van der Waals surface area contributed by atoms with Crippen LogP contribution in [0.4, 0.5) is 5.69 Å². The molecular weight excluding hydrogens is 460 g/mol. The number of nitrogens with zero attached hydrogens (tertiary/aromatic N) is 5. The highest BCUT2D eigenvalue weighted by Gasteiger charge is 2.20. The predicted octanol–water partition coefficient (Wildman–Crippen LogP) is 3.00. The van der Waals surface area contributed by atoms with Crippen molar-refractivity contribution in [2.45, 2.75) is 33.2 Å². The molecule has 0 aliphatic rings. The van der Waals surface area contributed by atoms with Crippen LogP contribution in [0.25, 0.3) is 17.2 Å². The average Bonchev–Trinajstić information content (AvgIpc) is 3.28. The van der Waals surface area contributed by atoms with Gasteiger partial charge in [0.1, 0.15) is 0 Å². The van der Waals surface area contributed by atoms with Gasteiger partial charge in [0.2, 0.25) is 17.6 Å². The number of aromatic nitrogens is 5. The normalized spacial score (nSPS) is 10.9. The minimum absolute atomic E-state index is 0.0571. The van der Waals surface area contributed by atoms with Crippen molar-refractivity contribution >= 4 is 23.2 Å². The first-order valence-electron chi connectivity index (χ1n) is 10.6. The molecule has 1 amide bonds. The molecule has 0 fully saturated rings. The molecule has 0 aliphatic heterocycles. The SMILES string of the molecule is CCn1c(=O)c(-c2noc(CCC(=O)Nc3cccc(Cl)c3)n2)nn(-c2ccc(C)cc2)c1=O. The van der Waals surface area contributed by atoms with Crippen LogP contribution in [0.3, 0.4) is 0 Å². The van der Waals surface area contributed by atoms with Gasteiger partial charge in [-0.05, 0) is 44.2 Å². The van der Waals surface area contributed by atoms with Gasteiger partial charge in [-0.1, -0.05) is 40.5 Å². The summed E-state index contributed by atoms with van der Waals surface area (Å²) in [4.78, 5) is 42.1. The third-order valence-electron chi connectivity index (χ3n) is 5.01. The number of amides is 1. The molecule has 34 heavy (non-hydrogen) atoms. The Balaban J connectivity index is 1.57. The van der Waals surface area contributed by atoms with E-state index in [1.54, 1.807) is 43.3 Å². The van der Waals surface area contributed by atoms with Gasteiger partial charge < -0.3 is 9.84 Å². The first-order chi connectivity index (χ1) is 16.4. The van der Waals surface area contributed by atoms with Crippen LogP contribution in [0.15, 0.2) is 62.6 Å². The standard InChI is InChI=1S/C23H21ClN6O4/c1-3-29-22(32)20(27-30(23(29)33)17-9-7-14(2)8-10-17)21-26-19(34-28-21)12-11-18(31)25-16-6-4-5-15(24)13-16/h4-10,13H,3,11-12H2,1-2H3,(H,25,31). The van der Waals surface area contributed by atoms with Crippen molar-refractivity contribution in [1.29, 1.82) is 0 Å². The Morgan fingerprint density at radius 1 is 1.15 bits per heavy atom. The number of carbonyl (C=O) groups is 1. The Morgan fingerprint density at radius 3 is 2.62 bits per heavy atom. The lowest BCUT2D eigenvalue weighted by Crippen LogP contribution is -2.41. The first-order valence-corrected chi connectivity index (χ1v) is 10.9. The van der Waals surface area contributed by atoms with Gasteiger partial charge in [-0.25, -0.2) is 4.79 Å².